The second-order valence-corrected chi connectivity index (χ2v) is 1.90. The minimum Gasteiger partial charge on any atom is -0.359 e. The average molecular weight is 132 g/mol. The SMILES string of the molecule is CON1CCNC1=S. The summed E-state index contributed by atoms with van der Waals surface area (Å²) in [5.41, 5.74) is 0. The number of hydrogen-bond donors (Lipinski definition) is 1. The third-order valence-corrected chi connectivity index (χ3v) is 1.39. The molecule has 1 aliphatic heterocycles. The van der Waals surface area contributed by atoms with Crippen molar-refractivity contribution >= 4 is 17.3 Å². The van der Waals surface area contributed by atoms with Crippen molar-refractivity contribution in [1.82, 2.24) is 10.4 Å². The van der Waals surface area contributed by atoms with Crippen molar-refractivity contribution in [2.24, 2.45) is 0 Å². The maximum Gasteiger partial charge on any atom is 0.193 e. The van der Waals surface area contributed by atoms with Crippen LogP contribution in [0.4, 0.5) is 0 Å². The van der Waals surface area contributed by atoms with Crippen molar-refractivity contribution in [3.8, 4) is 0 Å². The Morgan fingerprint density at radius 2 is 2.62 bits per heavy atom. The molecule has 1 saturated heterocycles. The Morgan fingerprint density at radius 1 is 1.88 bits per heavy atom. The molecule has 0 spiro atoms. The zero-order chi connectivity index (χ0) is 5.98. The van der Waals surface area contributed by atoms with Gasteiger partial charge in [0.1, 0.15) is 0 Å². The molecule has 46 valence electrons. The maximum atomic E-state index is 4.85. The van der Waals surface area contributed by atoms with Crippen LogP contribution in [0.2, 0.25) is 0 Å². The number of nitrogens with one attached hydrogen (secondary N) is 1. The molecule has 1 heterocycles. The molecular formula is C4H8N2OS. The molecule has 1 rings (SSSR count). The highest BCUT2D eigenvalue weighted by atomic mass is 32.1. The first-order chi connectivity index (χ1) is 3.84. The highest BCUT2D eigenvalue weighted by Crippen LogP contribution is 1.94. The van der Waals surface area contributed by atoms with Gasteiger partial charge in [0, 0.05) is 6.54 Å². The Kier molecular flexibility index (Phi) is 1.65. The number of nitrogens with zero attached hydrogens (tertiary/aromatic N) is 1. The predicted octanol–water partition coefficient (Wildman–Crippen LogP) is -0.262. The molecule has 0 atom stereocenters. The Morgan fingerprint density at radius 3 is 2.88 bits per heavy atom. The van der Waals surface area contributed by atoms with Gasteiger partial charge in [0.05, 0.1) is 13.7 Å². The molecule has 1 N–H and O–H groups in total. The van der Waals surface area contributed by atoms with Crippen LogP contribution in [0.15, 0.2) is 0 Å². The van der Waals surface area contributed by atoms with Crippen LogP contribution in [0, 0.1) is 0 Å². The van der Waals surface area contributed by atoms with E-state index in [1.807, 2.05) is 0 Å². The summed E-state index contributed by atoms with van der Waals surface area (Å²) in [6, 6.07) is 0. The van der Waals surface area contributed by atoms with Crippen molar-refractivity contribution in [2.45, 2.75) is 0 Å². The van der Waals surface area contributed by atoms with Gasteiger partial charge >= 0.3 is 0 Å². The van der Waals surface area contributed by atoms with Gasteiger partial charge in [0.15, 0.2) is 5.11 Å². The van der Waals surface area contributed by atoms with Crippen molar-refractivity contribution in [1.29, 1.82) is 0 Å². The number of rotatable bonds is 1. The van der Waals surface area contributed by atoms with Gasteiger partial charge in [-0.3, -0.25) is 4.84 Å². The molecule has 8 heavy (non-hydrogen) atoms. The van der Waals surface area contributed by atoms with E-state index in [1.165, 1.54) is 0 Å². The second kappa shape index (κ2) is 2.28. The minimum absolute atomic E-state index is 0.688. The Labute approximate surface area is 53.6 Å². The maximum absolute atomic E-state index is 4.85. The van der Waals surface area contributed by atoms with Gasteiger partial charge in [0.2, 0.25) is 0 Å². The molecule has 0 amide bonds. The molecule has 0 bridgehead atoms. The third kappa shape index (κ3) is 0.900. The van der Waals surface area contributed by atoms with Crippen LogP contribution in [0.5, 0.6) is 0 Å². The highest BCUT2D eigenvalue weighted by molar-refractivity contribution is 7.80. The van der Waals surface area contributed by atoms with Crippen molar-refractivity contribution in [2.75, 3.05) is 20.2 Å². The van der Waals surface area contributed by atoms with E-state index in [1.54, 1.807) is 12.2 Å². The molecule has 1 fully saturated rings. The van der Waals surface area contributed by atoms with E-state index in [-0.39, 0.29) is 0 Å². The van der Waals surface area contributed by atoms with Crippen molar-refractivity contribution < 1.29 is 4.84 Å². The van der Waals surface area contributed by atoms with Gasteiger partial charge in [-0.25, -0.2) is 5.06 Å². The monoisotopic (exact) mass is 132 g/mol. The molecule has 0 aromatic rings. The summed E-state index contributed by atoms with van der Waals surface area (Å²) in [6.07, 6.45) is 0. The van der Waals surface area contributed by atoms with Gasteiger partial charge in [0.25, 0.3) is 0 Å². The standard InChI is InChI=1S/C4H8N2OS/c1-7-6-3-2-5-4(6)8/h2-3H2,1H3,(H,5,8). The normalized spacial score (nSPS) is 19.1. The van der Waals surface area contributed by atoms with E-state index in [2.05, 4.69) is 5.32 Å². The zero-order valence-corrected chi connectivity index (χ0v) is 5.49. The molecule has 0 aromatic heterocycles. The lowest BCUT2D eigenvalue weighted by Gasteiger charge is -2.10. The molecule has 0 unspecified atom stereocenters. The number of hydrogen-bond acceptors (Lipinski definition) is 2. The van der Waals surface area contributed by atoms with Gasteiger partial charge in [-0.1, -0.05) is 0 Å². The van der Waals surface area contributed by atoms with E-state index < -0.39 is 0 Å². The summed E-state index contributed by atoms with van der Waals surface area (Å²) >= 11 is 4.83. The topological polar surface area (TPSA) is 24.5 Å². The lowest BCUT2D eigenvalue weighted by atomic mass is 10.7. The fourth-order valence-electron chi connectivity index (χ4n) is 0.628. The summed E-state index contributed by atoms with van der Waals surface area (Å²) in [4.78, 5) is 4.85. The molecular weight excluding hydrogens is 124 g/mol. The summed E-state index contributed by atoms with van der Waals surface area (Å²) in [5.74, 6) is 0. The number of thiocarbonyl (C=S) groups is 1. The van der Waals surface area contributed by atoms with E-state index in [0.29, 0.717) is 5.11 Å². The average Bonchev–Trinajstić information content (AvgIpc) is 2.14. The molecule has 4 heteroatoms. The Hall–Kier alpha value is -0.350. The quantitative estimate of drug-likeness (QED) is 0.497. The van der Waals surface area contributed by atoms with Crippen LogP contribution in [0.3, 0.4) is 0 Å². The third-order valence-electron chi connectivity index (χ3n) is 1.04. The molecule has 0 aliphatic carbocycles. The summed E-state index contributed by atoms with van der Waals surface area (Å²) in [5, 5.41) is 5.29. The fourth-order valence-corrected chi connectivity index (χ4v) is 0.896. The van der Waals surface area contributed by atoms with Gasteiger partial charge in [-0.05, 0) is 12.2 Å². The van der Waals surface area contributed by atoms with Crippen LogP contribution < -0.4 is 5.32 Å². The van der Waals surface area contributed by atoms with E-state index in [4.69, 9.17) is 17.1 Å². The van der Waals surface area contributed by atoms with Gasteiger partial charge < -0.3 is 5.32 Å². The van der Waals surface area contributed by atoms with Gasteiger partial charge in [-0.15, -0.1) is 0 Å². The summed E-state index contributed by atoms with van der Waals surface area (Å²) in [6.45, 7) is 1.75. The molecule has 1 aliphatic rings. The highest BCUT2D eigenvalue weighted by Gasteiger charge is 2.13. The molecule has 0 saturated carbocycles. The lowest BCUT2D eigenvalue weighted by molar-refractivity contribution is -0.0516. The van der Waals surface area contributed by atoms with Crippen molar-refractivity contribution in [3.05, 3.63) is 0 Å². The van der Waals surface area contributed by atoms with Crippen LogP contribution >= 0.6 is 12.2 Å². The summed E-state index contributed by atoms with van der Waals surface area (Å²) in [7, 11) is 1.61. The summed E-state index contributed by atoms with van der Waals surface area (Å²) < 4.78 is 0. The Bertz CT molecular complexity index is 106. The largest absolute Gasteiger partial charge is 0.359 e. The van der Waals surface area contributed by atoms with Crippen LogP contribution in [0.1, 0.15) is 0 Å². The lowest BCUT2D eigenvalue weighted by Crippen LogP contribution is -2.26. The van der Waals surface area contributed by atoms with Gasteiger partial charge in [-0.2, -0.15) is 0 Å². The second-order valence-electron chi connectivity index (χ2n) is 1.52. The molecule has 0 radical (unpaired) electrons. The molecule has 3 nitrogen and oxygen atoms in total. The first kappa shape index (κ1) is 5.78. The van der Waals surface area contributed by atoms with Crippen LogP contribution in [0.25, 0.3) is 0 Å². The zero-order valence-electron chi connectivity index (χ0n) is 4.68. The fraction of sp³-hybridized carbons (Fsp3) is 0.750. The first-order valence-electron chi connectivity index (χ1n) is 2.44. The van der Waals surface area contributed by atoms with E-state index in [0.717, 1.165) is 13.1 Å². The Balaban J connectivity index is 2.42. The first-order valence-corrected chi connectivity index (χ1v) is 2.85. The van der Waals surface area contributed by atoms with Crippen LogP contribution in [-0.4, -0.2) is 30.4 Å². The smallest absolute Gasteiger partial charge is 0.193 e. The predicted molar refractivity (Wildman–Crippen MR) is 34.3 cm³/mol. The number of hydroxylamine groups is 2. The molecule has 0 aromatic carbocycles. The van der Waals surface area contributed by atoms with Crippen LogP contribution in [-0.2, 0) is 4.84 Å². The van der Waals surface area contributed by atoms with Crippen molar-refractivity contribution in [3.63, 3.8) is 0 Å². The minimum atomic E-state index is 0.688. The van der Waals surface area contributed by atoms with E-state index >= 15 is 0 Å². The van der Waals surface area contributed by atoms with E-state index in [9.17, 15) is 0 Å².